The number of allylic oxidation sites excluding steroid dienone is 1. The SMILES string of the molecule is CCOC(=O)C1=C(C)N(CC(C)C)C(=O)/C1=C/c1ccc(CNC(=O)C(=O)Nc2ccccc2)o1. The van der Waals surface area contributed by atoms with Gasteiger partial charge in [0, 0.05) is 17.9 Å². The van der Waals surface area contributed by atoms with Crippen molar-refractivity contribution in [3.63, 3.8) is 0 Å². The van der Waals surface area contributed by atoms with Crippen LogP contribution in [0.4, 0.5) is 5.69 Å². The minimum absolute atomic E-state index is 0.0305. The van der Waals surface area contributed by atoms with Crippen LogP contribution >= 0.6 is 0 Å². The number of para-hydroxylation sites is 1. The van der Waals surface area contributed by atoms with Crippen molar-refractivity contribution in [2.24, 2.45) is 5.92 Å². The molecule has 0 unspecified atom stereocenters. The topological polar surface area (TPSA) is 118 Å². The van der Waals surface area contributed by atoms with Gasteiger partial charge >= 0.3 is 17.8 Å². The number of esters is 1. The molecular weight excluding hydrogens is 450 g/mol. The standard InChI is InChI=1S/C26H29N3O6/c1-5-34-26(33)22-17(4)29(15-16(2)3)25(32)21(22)13-19-11-12-20(35-19)14-27-23(30)24(31)28-18-9-7-6-8-10-18/h6-13,16H,5,14-15H2,1-4H3,(H,27,30)(H,28,31)/b21-13+. The molecule has 9 nitrogen and oxygen atoms in total. The van der Waals surface area contributed by atoms with Crippen LogP contribution in [0, 0.1) is 5.92 Å². The van der Waals surface area contributed by atoms with E-state index in [1.54, 1.807) is 61.2 Å². The summed E-state index contributed by atoms with van der Waals surface area (Å²) in [6, 6.07) is 11.9. The van der Waals surface area contributed by atoms with E-state index in [1.165, 1.54) is 6.08 Å². The number of rotatable bonds is 8. The molecule has 3 rings (SSSR count). The van der Waals surface area contributed by atoms with Gasteiger partial charge in [-0.2, -0.15) is 0 Å². The molecule has 0 saturated heterocycles. The lowest BCUT2D eigenvalue weighted by Crippen LogP contribution is -2.34. The number of nitrogens with one attached hydrogen (secondary N) is 2. The third-order valence-corrected chi connectivity index (χ3v) is 5.17. The largest absolute Gasteiger partial charge is 0.462 e. The van der Waals surface area contributed by atoms with Crippen LogP contribution in [0.25, 0.3) is 6.08 Å². The number of nitrogens with zero attached hydrogens (tertiary/aromatic N) is 1. The van der Waals surface area contributed by atoms with E-state index < -0.39 is 17.8 Å². The average Bonchev–Trinajstić information content (AvgIpc) is 3.36. The smallest absolute Gasteiger partial charge is 0.340 e. The maximum Gasteiger partial charge on any atom is 0.340 e. The van der Waals surface area contributed by atoms with E-state index in [9.17, 15) is 19.2 Å². The van der Waals surface area contributed by atoms with Gasteiger partial charge in [-0.3, -0.25) is 14.4 Å². The number of benzene rings is 1. The van der Waals surface area contributed by atoms with Crippen LogP contribution in [0.2, 0.25) is 0 Å². The number of ether oxygens (including phenoxy) is 1. The van der Waals surface area contributed by atoms with Crippen LogP contribution in [-0.2, 0) is 30.5 Å². The van der Waals surface area contributed by atoms with E-state index >= 15 is 0 Å². The minimum atomic E-state index is -0.816. The Morgan fingerprint density at radius 3 is 2.46 bits per heavy atom. The van der Waals surface area contributed by atoms with Crippen molar-refractivity contribution in [3.8, 4) is 0 Å². The second-order valence-electron chi connectivity index (χ2n) is 8.36. The molecule has 3 amide bonds. The van der Waals surface area contributed by atoms with Crippen molar-refractivity contribution in [2.45, 2.75) is 34.2 Å². The van der Waals surface area contributed by atoms with Gasteiger partial charge in [0.2, 0.25) is 0 Å². The van der Waals surface area contributed by atoms with E-state index in [1.807, 2.05) is 13.8 Å². The number of carbonyl (C=O) groups is 4. The summed E-state index contributed by atoms with van der Waals surface area (Å²) in [6.07, 6.45) is 1.49. The maximum absolute atomic E-state index is 13.1. The van der Waals surface area contributed by atoms with Crippen LogP contribution in [-0.4, -0.2) is 41.7 Å². The molecule has 1 aliphatic heterocycles. The predicted octanol–water partition coefficient (Wildman–Crippen LogP) is 3.25. The third-order valence-electron chi connectivity index (χ3n) is 5.17. The van der Waals surface area contributed by atoms with Gasteiger partial charge in [0.25, 0.3) is 5.91 Å². The Hall–Kier alpha value is -4.14. The first-order valence-electron chi connectivity index (χ1n) is 11.4. The molecule has 0 aliphatic carbocycles. The molecule has 1 aliphatic rings. The molecular formula is C26H29N3O6. The average molecular weight is 480 g/mol. The van der Waals surface area contributed by atoms with Crippen LogP contribution < -0.4 is 10.6 Å². The van der Waals surface area contributed by atoms with E-state index in [0.717, 1.165) is 0 Å². The zero-order valence-electron chi connectivity index (χ0n) is 20.2. The van der Waals surface area contributed by atoms with Crippen LogP contribution in [0.3, 0.4) is 0 Å². The molecule has 0 fully saturated rings. The van der Waals surface area contributed by atoms with Gasteiger partial charge in [0.1, 0.15) is 11.5 Å². The Labute approximate surface area is 203 Å². The Balaban J connectivity index is 1.71. The molecule has 35 heavy (non-hydrogen) atoms. The zero-order valence-corrected chi connectivity index (χ0v) is 20.2. The number of amides is 3. The number of hydrogen-bond donors (Lipinski definition) is 2. The third kappa shape index (κ3) is 6.26. The van der Waals surface area contributed by atoms with Gasteiger partial charge in [0.05, 0.1) is 24.3 Å². The lowest BCUT2D eigenvalue weighted by Gasteiger charge is -2.19. The summed E-state index contributed by atoms with van der Waals surface area (Å²) in [6.45, 7) is 8.01. The molecule has 0 spiro atoms. The molecule has 2 N–H and O–H groups in total. The summed E-state index contributed by atoms with van der Waals surface area (Å²) >= 11 is 0. The Morgan fingerprint density at radius 2 is 1.80 bits per heavy atom. The molecule has 2 aromatic rings. The van der Waals surface area contributed by atoms with Gasteiger partial charge in [-0.05, 0) is 50.1 Å². The monoisotopic (exact) mass is 479 g/mol. The molecule has 9 heteroatoms. The van der Waals surface area contributed by atoms with Crippen molar-refractivity contribution in [3.05, 3.63) is 70.8 Å². The Bertz CT molecular complexity index is 1180. The summed E-state index contributed by atoms with van der Waals surface area (Å²) in [5.74, 6) is -1.58. The molecule has 0 bridgehead atoms. The highest BCUT2D eigenvalue weighted by Gasteiger charge is 2.37. The quantitative estimate of drug-likeness (QED) is 0.341. The number of anilines is 1. The summed E-state index contributed by atoms with van der Waals surface area (Å²) < 4.78 is 10.9. The second-order valence-corrected chi connectivity index (χ2v) is 8.36. The maximum atomic E-state index is 13.1. The summed E-state index contributed by atoms with van der Waals surface area (Å²) in [5, 5.41) is 4.99. The van der Waals surface area contributed by atoms with Crippen molar-refractivity contribution in [1.82, 2.24) is 10.2 Å². The van der Waals surface area contributed by atoms with Gasteiger partial charge in [-0.15, -0.1) is 0 Å². The Morgan fingerprint density at radius 1 is 1.09 bits per heavy atom. The number of furan rings is 1. The zero-order chi connectivity index (χ0) is 25.5. The van der Waals surface area contributed by atoms with Crippen molar-refractivity contribution in [2.75, 3.05) is 18.5 Å². The van der Waals surface area contributed by atoms with Gasteiger partial charge in [-0.1, -0.05) is 32.0 Å². The van der Waals surface area contributed by atoms with E-state index in [0.29, 0.717) is 29.4 Å². The van der Waals surface area contributed by atoms with Gasteiger partial charge in [-0.25, -0.2) is 4.79 Å². The van der Waals surface area contributed by atoms with Crippen LogP contribution in [0.15, 0.2) is 63.7 Å². The van der Waals surface area contributed by atoms with Gasteiger partial charge < -0.3 is 24.7 Å². The lowest BCUT2D eigenvalue weighted by atomic mass is 10.1. The molecule has 0 radical (unpaired) electrons. The van der Waals surface area contributed by atoms with Gasteiger partial charge in [0.15, 0.2) is 0 Å². The second kappa shape index (κ2) is 11.3. The molecule has 2 heterocycles. The van der Waals surface area contributed by atoms with Crippen LogP contribution in [0.1, 0.15) is 39.2 Å². The summed E-state index contributed by atoms with van der Waals surface area (Å²) in [4.78, 5) is 51.4. The highest BCUT2D eigenvalue weighted by atomic mass is 16.5. The predicted molar refractivity (Wildman–Crippen MR) is 129 cm³/mol. The fourth-order valence-corrected chi connectivity index (χ4v) is 3.58. The number of carbonyl (C=O) groups excluding carboxylic acids is 4. The summed E-state index contributed by atoms with van der Waals surface area (Å²) in [5.41, 5.74) is 1.44. The highest BCUT2D eigenvalue weighted by Crippen LogP contribution is 2.32. The normalized spacial score (nSPS) is 14.6. The highest BCUT2D eigenvalue weighted by molar-refractivity contribution is 6.39. The molecule has 0 atom stereocenters. The van der Waals surface area contributed by atoms with E-state index in [4.69, 9.17) is 9.15 Å². The fraction of sp³-hybridized carbons (Fsp3) is 0.308. The van der Waals surface area contributed by atoms with E-state index in [2.05, 4.69) is 10.6 Å². The van der Waals surface area contributed by atoms with Crippen molar-refractivity contribution >= 4 is 35.5 Å². The summed E-state index contributed by atoms with van der Waals surface area (Å²) in [7, 11) is 0. The van der Waals surface area contributed by atoms with E-state index in [-0.39, 0.29) is 36.1 Å². The molecule has 0 saturated carbocycles. The molecule has 1 aromatic heterocycles. The lowest BCUT2D eigenvalue weighted by molar-refractivity contribution is -0.138. The van der Waals surface area contributed by atoms with Crippen molar-refractivity contribution < 1.29 is 28.3 Å². The molecule has 1 aromatic carbocycles. The first-order valence-corrected chi connectivity index (χ1v) is 11.4. The van der Waals surface area contributed by atoms with Crippen molar-refractivity contribution in [1.29, 1.82) is 0 Å². The first-order chi connectivity index (χ1) is 16.7. The fourth-order valence-electron chi connectivity index (χ4n) is 3.58. The Kier molecular flexibility index (Phi) is 8.25. The first kappa shape index (κ1) is 25.5. The minimum Gasteiger partial charge on any atom is -0.462 e. The number of hydrogen-bond acceptors (Lipinski definition) is 6. The van der Waals surface area contributed by atoms with Crippen LogP contribution in [0.5, 0.6) is 0 Å². The molecule has 184 valence electrons.